The second kappa shape index (κ2) is 3.63. The van der Waals surface area contributed by atoms with Gasteiger partial charge in [0.2, 0.25) is 0 Å². The summed E-state index contributed by atoms with van der Waals surface area (Å²) < 4.78 is 31.1. The highest BCUT2D eigenvalue weighted by Crippen LogP contribution is 1.99. The highest BCUT2D eigenvalue weighted by atomic mass is 32.2. The first-order chi connectivity index (χ1) is 6.03. The van der Waals surface area contributed by atoms with Gasteiger partial charge in [-0.25, -0.2) is 0 Å². The van der Waals surface area contributed by atoms with Gasteiger partial charge in [-0.2, -0.15) is 17.9 Å². The number of allylic oxidation sites excluding steroid dienone is 2. The van der Waals surface area contributed by atoms with Gasteiger partial charge in [-0.3, -0.25) is 4.55 Å². The second-order valence-corrected chi connectivity index (χ2v) is 3.53. The minimum atomic E-state index is -4.29. The topological polar surface area (TPSA) is 103 Å². The van der Waals surface area contributed by atoms with Crippen LogP contribution in [0.15, 0.2) is 24.3 Å². The summed E-state index contributed by atoms with van der Waals surface area (Å²) >= 11 is 0. The van der Waals surface area contributed by atoms with Crippen molar-refractivity contribution in [3.05, 3.63) is 29.8 Å². The van der Waals surface area contributed by atoms with Crippen molar-refractivity contribution in [2.24, 2.45) is 0 Å². The number of hydrogen-bond acceptors (Lipinski definition) is 2. The summed E-state index contributed by atoms with van der Waals surface area (Å²) in [7, 11) is -4.29. The molecule has 1 rings (SSSR count). The molecule has 0 radical (unpaired) electrons. The molecule has 0 bridgehead atoms. The van der Waals surface area contributed by atoms with Crippen LogP contribution >= 0.6 is 0 Å². The fourth-order valence-corrected chi connectivity index (χ4v) is 1.41. The molecule has 0 aromatic rings. The molecule has 1 aliphatic rings. The minimum Gasteiger partial charge on any atom is -0.361 e. The van der Waals surface area contributed by atoms with E-state index in [1.165, 1.54) is 12.2 Å². The van der Waals surface area contributed by atoms with Crippen molar-refractivity contribution in [3.8, 4) is 0 Å². The summed E-state index contributed by atoms with van der Waals surface area (Å²) in [6.45, 7) is 0. The first-order valence-electron chi connectivity index (χ1n) is 3.34. The molecule has 6 nitrogen and oxygen atoms in total. The Morgan fingerprint density at radius 2 is 2.23 bits per heavy atom. The largest absolute Gasteiger partial charge is 0.361 e. The van der Waals surface area contributed by atoms with Crippen LogP contribution in [0, 0.1) is 0 Å². The summed E-state index contributed by atoms with van der Waals surface area (Å²) in [5.41, 5.74) is 8.56. The zero-order valence-corrected chi connectivity index (χ0v) is 7.27. The third-order valence-electron chi connectivity index (χ3n) is 1.39. The van der Waals surface area contributed by atoms with Gasteiger partial charge >= 0.3 is 16.0 Å². The molecule has 0 amide bonds. The van der Waals surface area contributed by atoms with Crippen LogP contribution in [0.2, 0.25) is 0 Å². The van der Waals surface area contributed by atoms with Crippen molar-refractivity contribution in [2.45, 2.75) is 6.04 Å². The Bertz CT molecular complexity index is 403. The molecular formula is C6H7N3O3S. The molecule has 1 unspecified atom stereocenters. The Balaban J connectivity index is 2.88. The predicted octanol–water partition coefficient (Wildman–Crippen LogP) is -0.456. The lowest BCUT2D eigenvalue weighted by Gasteiger charge is -2.07. The van der Waals surface area contributed by atoms with Gasteiger partial charge in [-0.15, -0.1) is 0 Å². The van der Waals surface area contributed by atoms with Gasteiger partial charge in [0, 0.05) is 6.08 Å². The molecule has 0 saturated heterocycles. The van der Waals surface area contributed by atoms with Gasteiger partial charge in [-0.05, 0) is 0 Å². The lowest BCUT2D eigenvalue weighted by molar-refractivity contribution is -0.00712. The molecule has 0 heterocycles. The quantitative estimate of drug-likeness (QED) is 0.359. The lowest BCUT2D eigenvalue weighted by atomic mass is 10.1. The zero-order valence-electron chi connectivity index (χ0n) is 6.45. The van der Waals surface area contributed by atoms with Crippen LogP contribution in [0.3, 0.4) is 0 Å². The predicted molar refractivity (Wildman–Crippen MR) is 45.4 cm³/mol. The van der Waals surface area contributed by atoms with Crippen molar-refractivity contribution < 1.29 is 17.8 Å². The maximum absolute atomic E-state index is 10.4. The van der Waals surface area contributed by atoms with Crippen LogP contribution in [-0.4, -0.2) is 29.5 Å². The maximum atomic E-state index is 10.4. The molecule has 0 saturated carbocycles. The van der Waals surface area contributed by atoms with Gasteiger partial charge < -0.3 is 5.53 Å². The Labute approximate surface area is 75.1 Å². The summed E-state index contributed by atoms with van der Waals surface area (Å²) in [5.74, 6) is 0. The van der Waals surface area contributed by atoms with Gasteiger partial charge in [0.15, 0.2) is 0 Å². The summed E-state index contributed by atoms with van der Waals surface area (Å²) in [4.78, 5) is 2.85. The van der Waals surface area contributed by atoms with E-state index in [0.29, 0.717) is 0 Å². The molecule has 7 heteroatoms. The third kappa shape index (κ3) is 2.92. The first kappa shape index (κ1) is 9.82. The fraction of sp³-hybridized carbons (Fsp3) is 0.167. The average Bonchev–Trinajstić information content (AvgIpc) is 2.02. The minimum absolute atomic E-state index is 0.111. The highest BCUT2D eigenvalue weighted by Gasteiger charge is 2.23. The first-order valence-corrected chi connectivity index (χ1v) is 4.78. The van der Waals surface area contributed by atoms with Crippen LogP contribution in [0.4, 0.5) is 0 Å². The Morgan fingerprint density at radius 1 is 1.54 bits per heavy atom. The van der Waals surface area contributed by atoms with Crippen molar-refractivity contribution in [1.82, 2.24) is 4.72 Å². The fourth-order valence-electron chi connectivity index (χ4n) is 0.887. The van der Waals surface area contributed by atoms with Crippen LogP contribution in [0.25, 0.3) is 5.53 Å². The van der Waals surface area contributed by atoms with Gasteiger partial charge in [0.25, 0.3) is 0 Å². The smallest absolute Gasteiger partial charge is 0.334 e. The van der Waals surface area contributed by atoms with Crippen molar-refractivity contribution in [1.29, 1.82) is 0 Å². The van der Waals surface area contributed by atoms with Crippen LogP contribution < -0.4 is 4.72 Å². The van der Waals surface area contributed by atoms with Crippen molar-refractivity contribution >= 4 is 16.0 Å². The molecule has 1 atom stereocenters. The third-order valence-corrected chi connectivity index (χ3v) is 1.94. The molecule has 2 N–H and O–H groups in total. The summed E-state index contributed by atoms with van der Waals surface area (Å²) in [6.07, 6.45) is 6.00. The standard InChI is InChI=1S/C6H7N3O3S/c7-8-5-3-1-2-4-6(5)9-13(10,11)12/h1-4,6,9H,(H,10,11,12). The Morgan fingerprint density at radius 3 is 2.77 bits per heavy atom. The monoisotopic (exact) mass is 201 g/mol. The summed E-state index contributed by atoms with van der Waals surface area (Å²) in [6, 6.07) is -0.829. The molecule has 0 fully saturated rings. The van der Waals surface area contributed by atoms with Crippen LogP contribution in [0.5, 0.6) is 0 Å². The molecule has 0 aromatic carbocycles. The Hall–Kier alpha value is -1.27. The zero-order chi connectivity index (χ0) is 9.90. The number of hydrogen-bond donors (Lipinski definition) is 2. The van der Waals surface area contributed by atoms with E-state index >= 15 is 0 Å². The SMILES string of the molecule is [N-]=[N+]=C1C=CC=CC1NS(=O)(=O)O. The summed E-state index contributed by atoms with van der Waals surface area (Å²) in [5, 5.41) is 0. The van der Waals surface area contributed by atoms with Gasteiger partial charge in [-0.1, -0.05) is 18.2 Å². The van der Waals surface area contributed by atoms with Gasteiger partial charge in [0.1, 0.15) is 6.04 Å². The molecule has 70 valence electrons. The van der Waals surface area contributed by atoms with E-state index in [0.717, 1.165) is 0 Å². The molecule has 0 aliphatic heterocycles. The maximum Gasteiger partial charge on any atom is 0.334 e. The number of nitrogens with one attached hydrogen (secondary N) is 1. The number of rotatable bonds is 2. The van der Waals surface area contributed by atoms with E-state index in [4.69, 9.17) is 10.1 Å². The normalized spacial score (nSPS) is 21.6. The van der Waals surface area contributed by atoms with Crippen LogP contribution in [0.1, 0.15) is 0 Å². The van der Waals surface area contributed by atoms with Gasteiger partial charge in [0.05, 0.1) is 0 Å². The van der Waals surface area contributed by atoms with E-state index in [1.54, 1.807) is 12.2 Å². The highest BCUT2D eigenvalue weighted by molar-refractivity contribution is 7.83. The molecular weight excluding hydrogens is 194 g/mol. The average molecular weight is 201 g/mol. The van der Waals surface area contributed by atoms with E-state index in [-0.39, 0.29) is 5.71 Å². The van der Waals surface area contributed by atoms with Crippen LogP contribution in [-0.2, 0) is 10.3 Å². The van der Waals surface area contributed by atoms with E-state index < -0.39 is 16.3 Å². The van der Waals surface area contributed by atoms with Crippen molar-refractivity contribution in [2.75, 3.05) is 0 Å². The number of nitrogens with zero attached hydrogens (tertiary/aromatic N) is 2. The van der Waals surface area contributed by atoms with E-state index in [9.17, 15) is 8.42 Å². The molecule has 1 aliphatic carbocycles. The second-order valence-electron chi connectivity index (χ2n) is 2.34. The lowest BCUT2D eigenvalue weighted by Crippen LogP contribution is -2.39. The molecule has 0 spiro atoms. The van der Waals surface area contributed by atoms with Crippen molar-refractivity contribution in [3.63, 3.8) is 0 Å². The Kier molecular flexibility index (Phi) is 2.74. The van der Waals surface area contributed by atoms with E-state index in [2.05, 4.69) is 4.79 Å². The van der Waals surface area contributed by atoms with E-state index in [1.807, 2.05) is 4.72 Å². The molecule has 13 heavy (non-hydrogen) atoms. The molecule has 0 aromatic heterocycles.